The second kappa shape index (κ2) is 7.13. The Balaban J connectivity index is 1.61. The zero-order valence-electron chi connectivity index (χ0n) is 13.4. The van der Waals surface area contributed by atoms with Crippen molar-refractivity contribution in [3.05, 3.63) is 40.7 Å². The third-order valence-corrected chi connectivity index (χ3v) is 5.50. The number of aromatic nitrogens is 1. The first-order valence-electron chi connectivity index (χ1n) is 8.08. The molecule has 6 heteroatoms. The molecular formula is C18H20N2O3S. The lowest BCUT2D eigenvalue weighted by Crippen LogP contribution is -2.32. The van der Waals surface area contributed by atoms with Gasteiger partial charge in [-0.15, -0.1) is 11.3 Å². The maximum absolute atomic E-state index is 12.3. The van der Waals surface area contributed by atoms with Gasteiger partial charge in [-0.1, -0.05) is 30.3 Å². The minimum absolute atomic E-state index is 0.0669. The summed E-state index contributed by atoms with van der Waals surface area (Å²) in [6.45, 7) is 1.91. The van der Waals surface area contributed by atoms with E-state index in [-0.39, 0.29) is 23.8 Å². The molecule has 2 aromatic rings. The zero-order valence-corrected chi connectivity index (χ0v) is 14.3. The minimum Gasteiger partial charge on any atom is -0.481 e. The average Bonchev–Trinajstić information content (AvgIpc) is 3.25. The Bertz CT molecular complexity index is 729. The van der Waals surface area contributed by atoms with E-state index in [2.05, 4.69) is 10.3 Å². The van der Waals surface area contributed by atoms with Crippen LogP contribution >= 0.6 is 11.3 Å². The van der Waals surface area contributed by atoms with Crippen LogP contribution in [0, 0.1) is 11.8 Å². The van der Waals surface area contributed by atoms with E-state index in [0.717, 1.165) is 16.3 Å². The maximum Gasteiger partial charge on any atom is 0.306 e. The maximum atomic E-state index is 12.3. The SMILES string of the molecule is CC(NC(=O)[C@@H]1CC[C@H](C(=O)O)C1)c1nc(-c2ccccc2)cs1. The first-order valence-corrected chi connectivity index (χ1v) is 8.96. The smallest absolute Gasteiger partial charge is 0.306 e. The summed E-state index contributed by atoms with van der Waals surface area (Å²) in [5, 5.41) is 14.9. The largest absolute Gasteiger partial charge is 0.481 e. The van der Waals surface area contributed by atoms with Gasteiger partial charge in [0.15, 0.2) is 0 Å². The number of aliphatic carboxylic acids is 1. The van der Waals surface area contributed by atoms with Crippen LogP contribution in [-0.2, 0) is 9.59 Å². The highest BCUT2D eigenvalue weighted by molar-refractivity contribution is 7.10. The molecule has 0 radical (unpaired) electrons. The number of hydrogen-bond donors (Lipinski definition) is 2. The van der Waals surface area contributed by atoms with E-state index >= 15 is 0 Å². The summed E-state index contributed by atoms with van der Waals surface area (Å²) >= 11 is 1.52. The molecule has 5 nitrogen and oxygen atoms in total. The highest BCUT2D eigenvalue weighted by Crippen LogP contribution is 2.32. The van der Waals surface area contributed by atoms with Crippen LogP contribution in [0.1, 0.15) is 37.2 Å². The van der Waals surface area contributed by atoms with Gasteiger partial charge in [0, 0.05) is 16.9 Å². The highest BCUT2D eigenvalue weighted by Gasteiger charge is 2.34. The molecule has 0 aliphatic heterocycles. The Morgan fingerprint density at radius 1 is 1.25 bits per heavy atom. The fourth-order valence-electron chi connectivity index (χ4n) is 3.06. The average molecular weight is 344 g/mol. The monoisotopic (exact) mass is 344 g/mol. The molecule has 1 amide bonds. The molecular weight excluding hydrogens is 324 g/mol. The summed E-state index contributed by atoms with van der Waals surface area (Å²) in [4.78, 5) is 28.0. The van der Waals surface area contributed by atoms with Crippen molar-refractivity contribution < 1.29 is 14.7 Å². The van der Waals surface area contributed by atoms with Crippen molar-refractivity contribution in [3.63, 3.8) is 0 Å². The van der Waals surface area contributed by atoms with E-state index in [1.807, 2.05) is 42.6 Å². The second-order valence-electron chi connectivity index (χ2n) is 6.21. The molecule has 126 valence electrons. The number of carboxylic acids is 1. The van der Waals surface area contributed by atoms with E-state index in [1.165, 1.54) is 11.3 Å². The number of carboxylic acid groups (broad SMARTS) is 1. The Morgan fingerprint density at radius 2 is 1.96 bits per heavy atom. The lowest BCUT2D eigenvalue weighted by atomic mass is 10.0. The molecule has 1 fully saturated rings. The molecule has 1 heterocycles. The van der Waals surface area contributed by atoms with Gasteiger partial charge >= 0.3 is 5.97 Å². The highest BCUT2D eigenvalue weighted by atomic mass is 32.1. The number of nitrogens with one attached hydrogen (secondary N) is 1. The molecule has 1 aromatic carbocycles. The number of nitrogens with zero attached hydrogens (tertiary/aromatic N) is 1. The zero-order chi connectivity index (χ0) is 17.1. The summed E-state index contributed by atoms with van der Waals surface area (Å²) in [7, 11) is 0. The third kappa shape index (κ3) is 3.64. The summed E-state index contributed by atoms with van der Waals surface area (Å²) < 4.78 is 0. The normalized spacial score (nSPS) is 21.4. The predicted octanol–water partition coefficient (Wildman–Crippen LogP) is 3.49. The summed E-state index contributed by atoms with van der Waals surface area (Å²) in [5.41, 5.74) is 1.96. The van der Waals surface area contributed by atoms with Gasteiger partial charge < -0.3 is 10.4 Å². The van der Waals surface area contributed by atoms with Crippen LogP contribution in [0.3, 0.4) is 0 Å². The molecule has 2 N–H and O–H groups in total. The molecule has 0 saturated heterocycles. The number of carbonyl (C=O) groups excluding carboxylic acids is 1. The van der Waals surface area contributed by atoms with Crippen LogP contribution in [0.2, 0.25) is 0 Å². The van der Waals surface area contributed by atoms with Crippen molar-refractivity contribution in [2.75, 3.05) is 0 Å². The minimum atomic E-state index is -0.800. The number of carbonyl (C=O) groups is 2. The van der Waals surface area contributed by atoms with Crippen molar-refractivity contribution in [1.82, 2.24) is 10.3 Å². The molecule has 1 aromatic heterocycles. The molecule has 24 heavy (non-hydrogen) atoms. The fraction of sp³-hybridized carbons (Fsp3) is 0.389. The molecule has 1 unspecified atom stereocenters. The van der Waals surface area contributed by atoms with Gasteiger partial charge in [0.25, 0.3) is 0 Å². The lowest BCUT2D eigenvalue weighted by molar-refractivity contribution is -0.141. The third-order valence-electron chi connectivity index (χ3n) is 4.47. The van der Waals surface area contributed by atoms with Gasteiger partial charge in [0.1, 0.15) is 5.01 Å². The van der Waals surface area contributed by atoms with Crippen LogP contribution in [0.25, 0.3) is 11.3 Å². The van der Waals surface area contributed by atoms with Gasteiger partial charge in [-0.3, -0.25) is 9.59 Å². The Kier molecular flexibility index (Phi) is 4.94. The molecule has 3 atom stereocenters. The van der Waals surface area contributed by atoms with E-state index in [1.54, 1.807) is 0 Å². The van der Waals surface area contributed by atoms with E-state index in [0.29, 0.717) is 19.3 Å². The number of rotatable bonds is 5. The quantitative estimate of drug-likeness (QED) is 0.870. The second-order valence-corrected chi connectivity index (χ2v) is 7.10. The Labute approximate surface area is 144 Å². The lowest BCUT2D eigenvalue weighted by Gasteiger charge is -2.15. The molecule has 1 aliphatic carbocycles. The Hall–Kier alpha value is -2.21. The first-order chi connectivity index (χ1) is 11.5. The van der Waals surface area contributed by atoms with E-state index in [9.17, 15) is 9.59 Å². The van der Waals surface area contributed by atoms with Gasteiger partial charge in [0.2, 0.25) is 5.91 Å². The summed E-state index contributed by atoms with van der Waals surface area (Å²) in [5.74, 6) is -1.46. The number of hydrogen-bond acceptors (Lipinski definition) is 4. The van der Waals surface area contributed by atoms with Gasteiger partial charge in [-0.25, -0.2) is 4.98 Å². The number of amides is 1. The van der Waals surface area contributed by atoms with Crippen molar-refractivity contribution in [2.24, 2.45) is 11.8 Å². The molecule has 3 rings (SSSR count). The summed E-state index contributed by atoms with van der Waals surface area (Å²) in [6, 6.07) is 9.74. The van der Waals surface area contributed by atoms with E-state index < -0.39 is 5.97 Å². The van der Waals surface area contributed by atoms with Crippen LogP contribution in [0.15, 0.2) is 35.7 Å². The topological polar surface area (TPSA) is 79.3 Å². The van der Waals surface area contributed by atoms with E-state index in [4.69, 9.17) is 5.11 Å². The van der Waals surface area contributed by atoms with Crippen LogP contribution < -0.4 is 5.32 Å². The van der Waals surface area contributed by atoms with Crippen molar-refractivity contribution >= 4 is 23.2 Å². The van der Waals surface area contributed by atoms with Gasteiger partial charge in [0.05, 0.1) is 17.7 Å². The van der Waals surface area contributed by atoms with Crippen LogP contribution in [-0.4, -0.2) is 22.0 Å². The number of benzene rings is 1. The molecule has 0 bridgehead atoms. The molecule has 1 saturated carbocycles. The molecule has 0 spiro atoms. The predicted molar refractivity (Wildman–Crippen MR) is 92.6 cm³/mol. The van der Waals surface area contributed by atoms with Gasteiger partial charge in [-0.2, -0.15) is 0 Å². The van der Waals surface area contributed by atoms with Crippen molar-refractivity contribution in [2.45, 2.75) is 32.2 Å². The van der Waals surface area contributed by atoms with Gasteiger partial charge in [-0.05, 0) is 26.2 Å². The summed E-state index contributed by atoms with van der Waals surface area (Å²) in [6.07, 6.45) is 1.65. The standard InChI is InChI=1S/C18H20N2O3S/c1-11(19-16(21)13-7-8-14(9-13)18(22)23)17-20-15(10-24-17)12-5-3-2-4-6-12/h2-6,10-11,13-14H,7-9H2,1H3,(H,19,21)(H,22,23)/t11?,13-,14+/m1/s1. The fourth-order valence-corrected chi connectivity index (χ4v) is 3.90. The van der Waals surface area contributed by atoms with Crippen LogP contribution in [0.4, 0.5) is 0 Å². The Morgan fingerprint density at radius 3 is 2.62 bits per heavy atom. The van der Waals surface area contributed by atoms with Crippen LogP contribution in [0.5, 0.6) is 0 Å². The number of thiazole rings is 1. The van der Waals surface area contributed by atoms with Crippen molar-refractivity contribution in [1.29, 1.82) is 0 Å². The molecule has 1 aliphatic rings. The first kappa shape index (κ1) is 16.6. The van der Waals surface area contributed by atoms with Crippen molar-refractivity contribution in [3.8, 4) is 11.3 Å².